The summed E-state index contributed by atoms with van der Waals surface area (Å²) in [6.45, 7) is 0.665. The molecule has 142 valence electrons. The third-order valence-electron chi connectivity index (χ3n) is 3.51. The minimum absolute atomic E-state index is 0.00161. The van der Waals surface area contributed by atoms with E-state index >= 15 is 0 Å². The summed E-state index contributed by atoms with van der Waals surface area (Å²) in [6.07, 6.45) is -2.51. The summed E-state index contributed by atoms with van der Waals surface area (Å²) in [4.78, 5) is 15.0. The van der Waals surface area contributed by atoms with Gasteiger partial charge < -0.3 is 10.3 Å². The highest BCUT2D eigenvalue weighted by Crippen LogP contribution is 2.34. The van der Waals surface area contributed by atoms with Crippen molar-refractivity contribution < 1.29 is 26.4 Å². The van der Waals surface area contributed by atoms with Crippen LogP contribution < -0.4 is 10.5 Å². The molecule has 26 heavy (non-hydrogen) atoms. The predicted octanol–water partition coefficient (Wildman–Crippen LogP) is 2.07. The number of carbonyl (C=O) groups excluding carboxylic acids is 1. The van der Waals surface area contributed by atoms with Crippen LogP contribution in [0.1, 0.15) is 17.4 Å². The van der Waals surface area contributed by atoms with Gasteiger partial charge in [-0.05, 0) is 24.6 Å². The molecule has 1 atom stereocenters. The molecule has 2 aromatic rings. The monoisotopic (exact) mass is 410 g/mol. The van der Waals surface area contributed by atoms with E-state index in [0.717, 1.165) is 10.8 Å². The molecular weight excluding hydrogens is 397 g/mol. The Balaban J connectivity index is 2.70. The van der Waals surface area contributed by atoms with Gasteiger partial charge in [0.25, 0.3) is 5.91 Å². The number of pyridine rings is 1. The number of rotatable bonds is 5. The number of sulfonamides is 1. The van der Waals surface area contributed by atoms with E-state index in [1.54, 1.807) is 4.72 Å². The fourth-order valence-corrected chi connectivity index (χ4v) is 3.98. The van der Waals surface area contributed by atoms with Gasteiger partial charge in [0.1, 0.15) is 21.8 Å². The average molecular weight is 411 g/mol. The van der Waals surface area contributed by atoms with Crippen molar-refractivity contribution >= 4 is 27.5 Å². The molecule has 0 radical (unpaired) electrons. The van der Waals surface area contributed by atoms with E-state index in [1.165, 1.54) is 25.4 Å². The van der Waals surface area contributed by atoms with E-state index in [1.807, 2.05) is 0 Å². The third-order valence-corrected chi connectivity index (χ3v) is 5.27. The Hall–Kier alpha value is -2.11. The van der Waals surface area contributed by atoms with Crippen LogP contribution in [0, 0.1) is 0 Å². The molecule has 0 fully saturated rings. The van der Waals surface area contributed by atoms with Crippen molar-refractivity contribution in [1.29, 1.82) is 0 Å². The van der Waals surface area contributed by atoms with Crippen LogP contribution in [-0.4, -0.2) is 36.1 Å². The molecule has 2 heterocycles. The van der Waals surface area contributed by atoms with Gasteiger partial charge in [-0.1, -0.05) is 11.6 Å². The van der Waals surface area contributed by atoms with Gasteiger partial charge >= 0.3 is 6.18 Å². The average Bonchev–Trinajstić information content (AvgIpc) is 2.84. The summed E-state index contributed by atoms with van der Waals surface area (Å²) >= 11 is 5.80. The Kier molecular flexibility index (Phi) is 5.36. The van der Waals surface area contributed by atoms with Gasteiger partial charge in [-0.15, -0.1) is 0 Å². The number of nitrogens with two attached hydrogens (primary N) is 1. The molecule has 7 nitrogen and oxygen atoms in total. The zero-order valence-electron chi connectivity index (χ0n) is 13.5. The van der Waals surface area contributed by atoms with E-state index in [4.69, 9.17) is 17.3 Å². The summed E-state index contributed by atoms with van der Waals surface area (Å²) in [5, 5.41) is 0.00161. The number of nitrogens with zero attached hydrogens (tertiary/aromatic N) is 2. The van der Waals surface area contributed by atoms with Crippen molar-refractivity contribution in [3.05, 3.63) is 35.4 Å². The summed E-state index contributed by atoms with van der Waals surface area (Å²) < 4.78 is 66.0. The smallest absolute Gasteiger partial charge is 0.364 e. The van der Waals surface area contributed by atoms with Crippen LogP contribution in [0.2, 0.25) is 5.15 Å². The molecule has 0 saturated carbocycles. The van der Waals surface area contributed by atoms with Crippen LogP contribution in [-0.2, 0) is 17.1 Å². The number of carbonyl (C=O) groups is 1. The first-order valence-electron chi connectivity index (χ1n) is 7.04. The van der Waals surface area contributed by atoms with E-state index < -0.39 is 33.0 Å². The summed E-state index contributed by atoms with van der Waals surface area (Å²) in [5.74, 6) is -0.958. The molecule has 2 aromatic heterocycles. The second-order valence-corrected chi connectivity index (χ2v) is 7.51. The van der Waals surface area contributed by atoms with Gasteiger partial charge in [-0.3, -0.25) is 4.79 Å². The van der Waals surface area contributed by atoms with Crippen molar-refractivity contribution in [3.63, 3.8) is 0 Å². The number of nitrogens with one attached hydrogen (secondary N) is 1. The maximum atomic E-state index is 12.8. The predicted molar refractivity (Wildman–Crippen MR) is 88.0 cm³/mol. The second-order valence-electron chi connectivity index (χ2n) is 5.44. The number of hydrogen-bond acceptors (Lipinski definition) is 4. The van der Waals surface area contributed by atoms with Gasteiger partial charge in [0.05, 0.1) is 0 Å². The standard InChI is InChI=1S/C14H14ClF3N4O3S/c1-7(14(16,17)18)21-26(24,25)9-6-22(2)12(13(19)23)11(9)8-3-4-20-10(15)5-8/h3-7,21H,1-2H3,(H2,19,23)/t7-/m1/s1. The summed E-state index contributed by atoms with van der Waals surface area (Å²) in [7, 11) is -3.29. The fourth-order valence-electron chi connectivity index (χ4n) is 2.30. The van der Waals surface area contributed by atoms with Crippen molar-refractivity contribution in [2.24, 2.45) is 12.8 Å². The van der Waals surface area contributed by atoms with E-state index in [2.05, 4.69) is 4.98 Å². The van der Waals surface area contributed by atoms with Crippen molar-refractivity contribution in [3.8, 4) is 11.1 Å². The van der Waals surface area contributed by atoms with E-state index in [0.29, 0.717) is 6.92 Å². The first-order valence-corrected chi connectivity index (χ1v) is 8.90. The van der Waals surface area contributed by atoms with Gasteiger partial charge in [0.2, 0.25) is 10.0 Å². The minimum atomic E-state index is -4.78. The quantitative estimate of drug-likeness (QED) is 0.735. The first-order chi connectivity index (χ1) is 11.8. The zero-order chi connectivity index (χ0) is 19.9. The van der Waals surface area contributed by atoms with Crippen molar-refractivity contribution in [1.82, 2.24) is 14.3 Å². The molecule has 1 amide bonds. The number of primary amides is 1. The largest absolute Gasteiger partial charge is 0.404 e. The van der Waals surface area contributed by atoms with Crippen molar-refractivity contribution in [2.45, 2.75) is 24.0 Å². The molecular formula is C14H14ClF3N4O3S. The van der Waals surface area contributed by atoms with Gasteiger partial charge in [-0.2, -0.15) is 17.9 Å². The highest BCUT2D eigenvalue weighted by atomic mass is 35.5. The lowest BCUT2D eigenvalue weighted by Gasteiger charge is -2.17. The summed E-state index contributed by atoms with van der Waals surface area (Å²) in [6, 6.07) is 0.300. The molecule has 12 heteroatoms. The highest BCUT2D eigenvalue weighted by Gasteiger charge is 2.40. The van der Waals surface area contributed by atoms with Gasteiger partial charge in [0, 0.05) is 25.0 Å². The fraction of sp³-hybridized carbons (Fsp3) is 0.286. The Morgan fingerprint density at radius 3 is 2.54 bits per heavy atom. The topological polar surface area (TPSA) is 107 Å². The minimum Gasteiger partial charge on any atom is -0.364 e. The maximum Gasteiger partial charge on any atom is 0.404 e. The number of aryl methyl sites for hydroxylation is 1. The Bertz CT molecular complexity index is 957. The number of halogens is 4. The normalized spacial score (nSPS) is 13.6. The second kappa shape index (κ2) is 6.89. The molecule has 3 N–H and O–H groups in total. The van der Waals surface area contributed by atoms with Crippen LogP contribution in [0.5, 0.6) is 0 Å². The number of hydrogen-bond donors (Lipinski definition) is 2. The molecule has 0 bridgehead atoms. The molecule has 0 aliphatic rings. The van der Waals surface area contributed by atoms with Crippen LogP contribution in [0.15, 0.2) is 29.4 Å². The molecule has 2 rings (SSSR count). The van der Waals surface area contributed by atoms with Crippen LogP contribution in [0.3, 0.4) is 0 Å². The van der Waals surface area contributed by atoms with Gasteiger partial charge in [0.15, 0.2) is 0 Å². The lowest BCUT2D eigenvalue weighted by Crippen LogP contribution is -2.43. The molecule has 0 aliphatic heterocycles. The number of alkyl halides is 3. The highest BCUT2D eigenvalue weighted by molar-refractivity contribution is 7.89. The van der Waals surface area contributed by atoms with Crippen LogP contribution in [0.25, 0.3) is 11.1 Å². The van der Waals surface area contributed by atoms with E-state index in [-0.39, 0.29) is 22.0 Å². The molecule has 0 saturated heterocycles. The van der Waals surface area contributed by atoms with Crippen molar-refractivity contribution in [2.75, 3.05) is 0 Å². The Morgan fingerprint density at radius 2 is 2.04 bits per heavy atom. The number of amides is 1. The molecule has 0 aliphatic carbocycles. The Labute approximate surface area is 152 Å². The lowest BCUT2D eigenvalue weighted by molar-refractivity contribution is -0.147. The van der Waals surface area contributed by atoms with Crippen LogP contribution >= 0.6 is 11.6 Å². The zero-order valence-corrected chi connectivity index (χ0v) is 15.1. The summed E-state index contributed by atoms with van der Waals surface area (Å²) in [5.41, 5.74) is 5.12. The van der Waals surface area contributed by atoms with Gasteiger partial charge in [-0.25, -0.2) is 13.4 Å². The lowest BCUT2D eigenvalue weighted by atomic mass is 10.1. The Morgan fingerprint density at radius 1 is 1.42 bits per heavy atom. The molecule has 0 aromatic carbocycles. The van der Waals surface area contributed by atoms with Crippen LogP contribution in [0.4, 0.5) is 13.2 Å². The maximum absolute atomic E-state index is 12.8. The third kappa shape index (κ3) is 4.00. The molecule has 0 unspecified atom stereocenters. The first kappa shape index (κ1) is 20.2. The SMILES string of the molecule is C[C@@H](NS(=O)(=O)c1cn(C)c(C(N)=O)c1-c1ccnc(Cl)c1)C(F)(F)F. The number of aromatic nitrogens is 2. The molecule has 0 spiro atoms. The van der Waals surface area contributed by atoms with E-state index in [9.17, 15) is 26.4 Å².